The first-order valence-electron chi connectivity index (χ1n) is 5.94. The Balaban J connectivity index is 3.20. The molecule has 1 rings (SSSR count). The molecular formula is C13H20ClN3O. The van der Waals surface area contributed by atoms with Crippen LogP contribution in [-0.4, -0.2) is 25.5 Å². The fourth-order valence-corrected chi connectivity index (χ4v) is 2.21. The van der Waals surface area contributed by atoms with Crippen molar-refractivity contribution in [1.82, 2.24) is 5.32 Å². The average molecular weight is 270 g/mol. The standard InChI is InChI=1S/C13H20ClN3O/c1-9(2)17(8-12(15)18)13-10(7-16-3)5-4-6-11(13)14/h4-6,9,16H,7-8H2,1-3H3,(H2,15,18). The molecule has 5 heteroatoms. The first kappa shape index (κ1) is 14.8. The van der Waals surface area contributed by atoms with Crippen LogP contribution in [-0.2, 0) is 11.3 Å². The van der Waals surface area contributed by atoms with Gasteiger partial charge in [0.25, 0.3) is 0 Å². The summed E-state index contributed by atoms with van der Waals surface area (Å²) in [7, 11) is 1.87. The van der Waals surface area contributed by atoms with Crippen LogP contribution in [0.5, 0.6) is 0 Å². The molecule has 1 amide bonds. The first-order valence-corrected chi connectivity index (χ1v) is 6.32. The number of anilines is 1. The fraction of sp³-hybridized carbons (Fsp3) is 0.462. The van der Waals surface area contributed by atoms with E-state index in [-0.39, 0.29) is 18.5 Å². The Labute approximate surface area is 113 Å². The maximum atomic E-state index is 11.2. The summed E-state index contributed by atoms with van der Waals surface area (Å²) >= 11 is 6.27. The topological polar surface area (TPSA) is 58.4 Å². The van der Waals surface area contributed by atoms with Gasteiger partial charge in [-0.3, -0.25) is 4.79 Å². The van der Waals surface area contributed by atoms with Gasteiger partial charge in [0.2, 0.25) is 5.91 Å². The molecule has 0 aliphatic carbocycles. The van der Waals surface area contributed by atoms with Gasteiger partial charge in [-0.05, 0) is 32.5 Å². The van der Waals surface area contributed by atoms with E-state index in [2.05, 4.69) is 5.32 Å². The van der Waals surface area contributed by atoms with Crippen molar-refractivity contribution >= 4 is 23.2 Å². The largest absolute Gasteiger partial charge is 0.368 e. The van der Waals surface area contributed by atoms with Crippen LogP contribution in [0.15, 0.2) is 18.2 Å². The normalized spacial score (nSPS) is 10.7. The third-order valence-electron chi connectivity index (χ3n) is 2.67. The first-order chi connectivity index (χ1) is 8.47. The van der Waals surface area contributed by atoms with Gasteiger partial charge in [-0.1, -0.05) is 23.7 Å². The monoisotopic (exact) mass is 269 g/mol. The van der Waals surface area contributed by atoms with Crippen LogP contribution in [0.2, 0.25) is 5.02 Å². The number of nitrogens with zero attached hydrogens (tertiary/aromatic N) is 1. The molecule has 0 aromatic heterocycles. The van der Waals surface area contributed by atoms with Crippen molar-refractivity contribution in [2.24, 2.45) is 5.73 Å². The summed E-state index contributed by atoms with van der Waals surface area (Å²) in [6, 6.07) is 5.87. The van der Waals surface area contributed by atoms with Crippen LogP contribution in [0.25, 0.3) is 0 Å². The second-order valence-corrected chi connectivity index (χ2v) is 4.87. The summed E-state index contributed by atoms with van der Waals surface area (Å²) in [4.78, 5) is 13.1. The average Bonchev–Trinajstić information content (AvgIpc) is 2.27. The van der Waals surface area contributed by atoms with Crippen LogP contribution in [0, 0.1) is 0 Å². The Hall–Kier alpha value is -1.26. The smallest absolute Gasteiger partial charge is 0.236 e. The second kappa shape index (κ2) is 6.61. The molecule has 0 radical (unpaired) electrons. The molecule has 0 saturated carbocycles. The number of carbonyl (C=O) groups excluding carboxylic acids is 1. The minimum atomic E-state index is -0.362. The van der Waals surface area contributed by atoms with Gasteiger partial charge >= 0.3 is 0 Å². The minimum Gasteiger partial charge on any atom is -0.368 e. The minimum absolute atomic E-state index is 0.146. The molecule has 1 aromatic rings. The SMILES string of the molecule is CNCc1cccc(Cl)c1N(CC(N)=O)C(C)C. The van der Waals surface area contributed by atoms with Gasteiger partial charge in [-0.25, -0.2) is 0 Å². The zero-order valence-electron chi connectivity index (χ0n) is 11.0. The van der Waals surface area contributed by atoms with E-state index < -0.39 is 0 Å². The Kier molecular flexibility index (Phi) is 5.44. The van der Waals surface area contributed by atoms with E-state index in [0.29, 0.717) is 11.6 Å². The molecule has 0 fully saturated rings. The highest BCUT2D eigenvalue weighted by atomic mass is 35.5. The van der Waals surface area contributed by atoms with E-state index in [0.717, 1.165) is 11.3 Å². The molecule has 0 saturated heterocycles. The molecule has 100 valence electrons. The summed E-state index contributed by atoms with van der Waals surface area (Å²) in [5.41, 5.74) is 7.24. The highest BCUT2D eigenvalue weighted by Crippen LogP contribution is 2.31. The lowest BCUT2D eigenvalue weighted by molar-refractivity contribution is -0.116. The van der Waals surface area contributed by atoms with Crippen molar-refractivity contribution in [1.29, 1.82) is 0 Å². The number of hydrogen-bond donors (Lipinski definition) is 2. The van der Waals surface area contributed by atoms with Crippen molar-refractivity contribution < 1.29 is 4.79 Å². The van der Waals surface area contributed by atoms with Crippen molar-refractivity contribution in [2.45, 2.75) is 26.4 Å². The Morgan fingerprint density at radius 2 is 2.17 bits per heavy atom. The van der Waals surface area contributed by atoms with Crippen LogP contribution in [0.4, 0.5) is 5.69 Å². The number of nitrogens with two attached hydrogens (primary N) is 1. The van der Waals surface area contributed by atoms with Crippen LogP contribution >= 0.6 is 11.6 Å². The van der Waals surface area contributed by atoms with E-state index in [9.17, 15) is 4.79 Å². The van der Waals surface area contributed by atoms with Gasteiger partial charge in [-0.2, -0.15) is 0 Å². The number of para-hydroxylation sites is 1. The van der Waals surface area contributed by atoms with Crippen molar-refractivity contribution in [3.8, 4) is 0 Å². The molecule has 0 aliphatic rings. The van der Waals surface area contributed by atoms with E-state index >= 15 is 0 Å². The summed E-state index contributed by atoms with van der Waals surface area (Å²) in [6.07, 6.45) is 0. The lowest BCUT2D eigenvalue weighted by Crippen LogP contribution is -2.39. The highest BCUT2D eigenvalue weighted by Gasteiger charge is 2.19. The number of amides is 1. The van der Waals surface area contributed by atoms with Crippen molar-refractivity contribution in [3.05, 3.63) is 28.8 Å². The van der Waals surface area contributed by atoms with E-state index in [4.69, 9.17) is 17.3 Å². The van der Waals surface area contributed by atoms with Crippen molar-refractivity contribution in [3.63, 3.8) is 0 Å². The predicted octanol–water partition coefficient (Wildman–Crippen LogP) is 1.76. The number of benzene rings is 1. The van der Waals surface area contributed by atoms with Crippen LogP contribution in [0.3, 0.4) is 0 Å². The van der Waals surface area contributed by atoms with Gasteiger partial charge in [0.1, 0.15) is 0 Å². The lowest BCUT2D eigenvalue weighted by Gasteiger charge is -2.30. The third-order valence-corrected chi connectivity index (χ3v) is 2.98. The molecule has 18 heavy (non-hydrogen) atoms. The van der Waals surface area contributed by atoms with E-state index in [1.807, 2.05) is 44.0 Å². The van der Waals surface area contributed by atoms with Gasteiger partial charge in [-0.15, -0.1) is 0 Å². The fourth-order valence-electron chi connectivity index (χ4n) is 1.90. The molecule has 0 unspecified atom stereocenters. The Morgan fingerprint density at radius 3 is 2.67 bits per heavy atom. The summed E-state index contributed by atoms with van der Waals surface area (Å²) in [6.45, 7) is 4.88. The van der Waals surface area contributed by atoms with Crippen molar-refractivity contribution in [2.75, 3.05) is 18.5 Å². The molecule has 4 nitrogen and oxygen atoms in total. The molecule has 0 spiro atoms. The predicted molar refractivity (Wildman–Crippen MR) is 75.9 cm³/mol. The molecule has 0 aliphatic heterocycles. The van der Waals surface area contributed by atoms with Crippen LogP contribution < -0.4 is 16.0 Å². The van der Waals surface area contributed by atoms with E-state index in [1.54, 1.807) is 0 Å². The molecule has 0 atom stereocenters. The summed E-state index contributed by atoms with van der Waals surface area (Å²) < 4.78 is 0. The zero-order valence-corrected chi connectivity index (χ0v) is 11.8. The van der Waals surface area contributed by atoms with Gasteiger partial charge in [0.05, 0.1) is 17.3 Å². The maximum absolute atomic E-state index is 11.2. The number of halogens is 1. The molecule has 3 N–H and O–H groups in total. The molecule has 1 aromatic carbocycles. The third kappa shape index (κ3) is 3.62. The number of primary amides is 1. The van der Waals surface area contributed by atoms with Crippen LogP contribution in [0.1, 0.15) is 19.4 Å². The van der Waals surface area contributed by atoms with Gasteiger partial charge < -0.3 is 16.0 Å². The van der Waals surface area contributed by atoms with E-state index in [1.165, 1.54) is 0 Å². The number of carbonyl (C=O) groups is 1. The highest BCUT2D eigenvalue weighted by molar-refractivity contribution is 6.33. The summed E-state index contributed by atoms with van der Waals surface area (Å²) in [5, 5.41) is 3.73. The van der Waals surface area contributed by atoms with Gasteiger partial charge in [0, 0.05) is 12.6 Å². The number of nitrogens with one attached hydrogen (secondary N) is 1. The Bertz CT molecular complexity index is 421. The quantitative estimate of drug-likeness (QED) is 0.827. The maximum Gasteiger partial charge on any atom is 0.236 e. The zero-order chi connectivity index (χ0) is 13.7. The van der Waals surface area contributed by atoms with Gasteiger partial charge in [0.15, 0.2) is 0 Å². The number of rotatable bonds is 6. The Morgan fingerprint density at radius 1 is 1.50 bits per heavy atom. The summed E-state index contributed by atoms with van der Waals surface area (Å²) in [5.74, 6) is -0.362. The molecule has 0 bridgehead atoms. The second-order valence-electron chi connectivity index (χ2n) is 4.47. The lowest BCUT2D eigenvalue weighted by atomic mass is 10.1. The molecule has 0 heterocycles. The molecular weight excluding hydrogens is 250 g/mol. The number of hydrogen-bond acceptors (Lipinski definition) is 3.